The van der Waals surface area contributed by atoms with Crippen LogP contribution in [0.25, 0.3) is 0 Å². The van der Waals surface area contributed by atoms with E-state index in [1.165, 1.54) is 16.8 Å². The van der Waals surface area contributed by atoms with Gasteiger partial charge in [-0.3, -0.25) is 9.13 Å². The molecule has 0 saturated carbocycles. The molecule has 1 fully saturated rings. The van der Waals surface area contributed by atoms with Crippen LogP contribution in [0.2, 0.25) is 0 Å². The first-order valence-electron chi connectivity index (χ1n) is 6.38. The molecule has 0 amide bonds. The number of alkyl halides is 1. The second kappa shape index (κ2) is 6.06. The van der Waals surface area contributed by atoms with E-state index in [1.807, 2.05) is 0 Å². The first-order valence-corrected chi connectivity index (χ1v) is 8.71. The zero-order chi connectivity index (χ0) is 15.7. The van der Waals surface area contributed by atoms with Crippen molar-refractivity contribution in [3.63, 3.8) is 0 Å². The lowest BCUT2D eigenvalue weighted by Crippen LogP contribution is -2.34. The van der Waals surface area contributed by atoms with Crippen molar-refractivity contribution in [1.29, 1.82) is 0 Å². The molecule has 10 heteroatoms. The van der Waals surface area contributed by atoms with Crippen LogP contribution in [0.1, 0.15) is 25.5 Å². The summed E-state index contributed by atoms with van der Waals surface area (Å²) < 4.78 is 18.1. The quantitative estimate of drug-likeness (QED) is 0.532. The first kappa shape index (κ1) is 16.5. The van der Waals surface area contributed by atoms with E-state index in [0.717, 1.165) is 0 Å². The van der Waals surface area contributed by atoms with E-state index in [0.29, 0.717) is 12.8 Å². The zero-order valence-corrected chi connectivity index (χ0v) is 12.8. The van der Waals surface area contributed by atoms with E-state index < -0.39 is 25.1 Å². The van der Waals surface area contributed by atoms with Gasteiger partial charge in [0.15, 0.2) is 0 Å². The molecule has 0 spiro atoms. The molecule has 0 aliphatic carbocycles. The van der Waals surface area contributed by atoms with Crippen molar-refractivity contribution in [3.05, 3.63) is 22.7 Å². The van der Waals surface area contributed by atoms with Gasteiger partial charge in [0.05, 0.1) is 17.6 Å². The van der Waals surface area contributed by atoms with Crippen molar-refractivity contribution >= 4 is 25.0 Å². The summed E-state index contributed by atoms with van der Waals surface area (Å²) in [7, 11) is -4.12. The highest BCUT2D eigenvalue weighted by atomic mass is 35.5. The maximum atomic E-state index is 11.8. The Morgan fingerprint density at radius 1 is 1.62 bits per heavy atom. The average Bonchev–Trinajstić information content (AvgIpc) is 2.81. The van der Waals surface area contributed by atoms with Crippen molar-refractivity contribution in [2.24, 2.45) is 0 Å². The molecule has 2 rings (SSSR count). The molecule has 2 heterocycles. The number of aromatic nitrogens is 2. The summed E-state index contributed by atoms with van der Waals surface area (Å²) >= 11 is 5.91. The van der Waals surface area contributed by atoms with Gasteiger partial charge < -0.3 is 20.3 Å². The van der Waals surface area contributed by atoms with E-state index in [-0.39, 0.29) is 24.3 Å². The van der Waals surface area contributed by atoms with Gasteiger partial charge in [-0.1, -0.05) is 0 Å². The van der Waals surface area contributed by atoms with Crippen molar-refractivity contribution in [1.82, 2.24) is 9.55 Å². The zero-order valence-electron chi connectivity index (χ0n) is 11.2. The van der Waals surface area contributed by atoms with Crippen molar-refractivity contribution in [3.8, 4) is 0 Å². The predicted molar refractivity (Wildman–Crippen MR) is 77.2 cm³/mol. The fourth-order valence-electron chi connectivity index (χ4n) is 2.33. The van der Waals surface area contributed by atoms with Crippen LogP contribution in [0.3, 0.4) is 0 Å². The maximum absolute atomic E-state index is 11.8. The highest BCUT2D eigenvalue weighted by Crippen LogP contribution is 2.44. The molecule has 21 heavy (non-hydrogen) atoms. The van der Waals surface area contributed by atoms with Gasteiger partial charge in [0, 0.05) is 6.20 Å². The number of halogens is 1. The van der Waals surface area contributed by atoms with Gasteiger partial charge in [-0.05, 0) is 25.3 Å². The topological polar surface area (TPSA) is 128 Å². The third kappa shape index (κ3) is 4.05. The molecule has 2 atom stereocenters. The highest BCUT2D eigenvalue weighted by Gasteiger charge is 2.41. The molecule has 1 saturated heterocycles. The minimum Gasteiger partial charge on any atom is -0.383 e. The smallest absolute Gasteiger partial charge is 0.351 e. The van der Waals surface area contributed by atoms with Crippen molar-refractivity contribution < 1.29 is 19.1 Å². The second-order valence-corrected chi connectivity index (χ2v) is 7.15. The van der Waals surface area contributed by atoms with E-state index >= 15 is 0 Å². The van der Waals surface area contributed by atoms with Crippen LogP contribution in [0, 0.1) is 0 Å². The Morgan fingerprint density at radius 2 is 2.33 bits per heavy atom. The minimum atomic E-state index is -4.12. The van der Waals surface area contributed by atoms with Gasteiger partial charge in [0.25, 0.3) is 0 Å². The predicted octanol–water partition coefficient (Wildman–Crippen LogP) is 0.680. The van der Waals surface area contributed by atoms with Crippen LogP contribution in [-0.2, 0) is 9.30 Å². The van der Waals surface area contributed by atoms with E-state index in [9.17, 15) is 9.36 Å². The van der Waals surface area contributed by atoms with Crippen LogP contribution < -0.4 is 11.4 Å². The van der Waals surface area contributed by atoms with Gasteiger partial charge in [-0.25, -0.2) is 4.79 Å². The maximum Gasteiger partial charge on any atom is 0.351 e. The van der Waals surface area contributed by atoms with Gasteiger partial charge in [-0.2, -0.15) is 4.98 Å². The number of hydrogen-bond donors (Lipinski definition) is 3. The molecular weight excluding hydrogens is 321 g/mol. The molecule has 118 valence electrons. The number of nitrogens with two attached hydrogens (primary N) is 1. The summed E-state index contributed by atoms with van der Waals surface area (Å²) in [4.78, 5) is 33.4. The average molecular weight is 338 g/mol. The third-order valence-electron chi connectivity index (χ3n) is 3.50. The van der Waals surface area contributed by atoms with Crippen molar-refractivity contribution in [2.75, 3.05) is 17.8 Å². The summed E-state index contributed by atoms with van der Waals surface area (Å²) in [6.45, 7) is 0. The number of anilines is 1. The second-order valence-electron chi connectivity index (χ2n) is 5.11. The number of rotatable bonds is 5. The number of hydrogen-bond acceptors (Lipinski definition) is 5. The summed E-state index contributed by atoms with van der Waals surface area (Å²) in [5.41, 5.74) is 4.06. The molecule has 1 aliphatic rings. The Hall–Kier alpha value is -0.920. The van der Waals surface area contributed by atoms with Gasteiger partial charge >= 0.3 is 13.3 Å². The van der Waals surface area contributed by atoms with Crippen LogP contribution >= 0.6 is 19.2 Å². The van der Waals surface area contributed by atoms with Gasteiger partial charge in [-0.15, -0.1) is 11.6 Å². The highest BCUT2D eigenvalue weighted by molar-refractivity contribution is 7.51. The summed E-state index contributed by atoms with van der Waals surface area (Å²) in [6, 6.07) is 1.49. The van der Waals surface area contributed by atoms with Crippen LogP contribution in [0.15, 0.2) is 17.1 Å². The molecule has 1 aromatic heterocycles. The molecule has 1 aliphatic heterocycles. The van der Waals surface area contributed by atoms with Gasteiger partial charge in [0.2, 0.25) is 0 Å². The lowest BCUT2D eigenvalue weighted by atomic mass is 9.99. The Kier molecular flexibility index (Phi) is 4.75. The van der Waals surface area contributed by atoms with Crippen molar-refractivity contribution in [2.45, 2.75) is 31.1 Å². The molecular formula is C11H17ClN3O5P. The standard InChI is InChI=1S/C11H17ClN3O5P/c12-7-11(4-6-21(17,18)19)3-1-9(20-11)15-5-2-8(13)14-10(15)16/h2,5,9H,1,3-4,6-7H2,(H2,13,14,16)(H2,17,18,19). The summed E-state index contributed by atoms with van der Waals surface area (Å²) in [5.74, 6) is 0.222. The Balaban J connectivity index is 2.13. The van der Waals surface area contributed by atoms with Crippen LogP contribution in [0.4, 0.5) is 5.82 Å². The molecule has 2 unspecified atom stereocenters. The first-order chi connectivity index (χ1) is 9.75. The van der Waals surface area contributed by atoms with Gasteiger partial charge in [0.1, 0.15) is 12.0 Å². The third-order valence-corrected chi connectivity index (χ3v) is 4.79. The minimum absolute atomic E-state index is 0.0979. The molecule has 0 aromatic carbocycles. The number of nitrogen functional groups attached to an aromatic ring is 1. The summed E-state index contributed by atoms with van der Waals surface area (Å²) in [6.07, 6.45) is 1.79. The summed E-state index contributed by atoms with van der Waals surface area (Å²) in [5, 5.41) is 0. The Labute approximate surface area is 126 Å². The van der Waals surface area contributed by atoms with E-state index in [1.54, 1.807) is 0 Å². The number of ether oxygens (including phenoxy) is 1. The largest absolute Gasteiger partial charge is 0.383 e. The van der Waals surface area contributed by atoms with Crippen LogP contribution in [0.5, 0.6) is 0 Å². The molecule has 1 aromatic rings. The molecule has 8 nitrogen and oxygen atoms in total. The molecule has 4 N–H and O–H groups in total. The Morgan fingerprint density at radius 3 is 2.90 bits per heavy atom. The fraction of sp³-hybridized carbons (Fsp3) is 0.636. The lowest BCUT2D eigenvalue weighted by Gasteiger charge is -2.27. The Bertz CT molecular complexity index is 618. The monoisotopic (exact) mass is 337 g/mol. The molecule has 0 bridgehead atoms. The molecule has 0 radical (unpaired) electrons. The SMILES string of the molecule is Nc1ccn(C2CCC(CCl)(CCP(=O)(O)O)O2)c(=O)n1. The van der Waals surface area contributed by atoms with E-state index in [2.05, 4.69) is 4.98 Å². The lowest BCUT2D eigenvalue weighted by molar-refractivity contribution is -0.0623. The van der Waals surface area contributed by atoms with E-state index in [4.69, 9.17) is 31.9 Å². The normalized spacial score (nSPS) is 26.1. The fourth-order valence-corrected chi connectivity index (χ4v) is 3.36. The number of nitrogens with zero attached hydrogens (tertiary/aromatic N) is 2. The van der Waals surface area contributed by atoms with Crippen LogP contribution in [-0.4, -0.2) is 37.0 Å².